The first-order chi connectivity index (χ1) is 13.3. The number of nitrogens with zero attached hydrogens (tertiary/aromatic N) is 2. The number of aromatic amines is 1. The third-order valence-corrected chi connectivity index (χ3v) is 4.61. The van der Waals surface area contributed by atoms with E-state index in [2.05, 4.69) is 9.98 Å². The summed E-state index contributed by atoms with van der Waals surface area (Å²) in [5, 5.41) is 10.3. The van der Waals surface area contributed by atoms with Gasteiger partial charge in [-0.05, 0) is 29.8 Å². The fourth-order valence-corrected chi connectivity index (χ4v) is 3.07. The molecule has 0 fully saturated rings. The average Bonchev–Trinajstić information content (AvgIpc) is 3.18. The average molecular weight is 406 g/mol. The van der Waals surface area contributed by atoms with E-state index in [0.29, 0.717) is 16.7 Å². The van der Waals surface area contributed by atoms with Gasteiger partial charge in [-0.1, -0.05) is 23.7 Å². The van der Waals surface area contributed by atoms with Gasteiger partial charge in [0, 0.05) is 17.4 Å². The zero-order valence-corrected chi connectivity index (χ0v) is 14.8. The summed E-state index contributed by atoms with van der Waals surface area (Å²) in [7, 11) is 0. The molecular weight excluding hydrogens is 395 g/mol. The summed E-state index contributed by atoms with van der Waals surface area (Å²) in [5.74, 6) is -3.13. The Hall–Kier alpha value is -3.26. The molecule has 2 aromatic carbocycles. The van der Waals surface area contributed by atoms with Crippen molar-refractivity contribution in [2.45, 2.75) is 6.54 Å². The Kier molecular flexibility index (Phi) is 4.35. The number of aliphatic imine (C=N–C) groups is 1. The second-order valence-corrected chi connectivity index (χ2v) is 6.52. The van der Waals surface area contributed by atoms with Crippen molar-refractivity contribution >= 4 is 35.2 Å². The third-order valence-electron chi connectivity index (χ3n) is 4.32. The van der Waals surface area contributed by atoms with Gasteiger partial charge in [-0.15, -0.1) is 0 Å². The van der Waals surface area contributed by atoms with Crippen LogP contribution < -0.4 is 5.69 Å². The van der Waals surface area contributed by atoms with Gasteiger partial charge in [-0.2, -0.15) is 0 Å². The van der Waals surface area contributed by atoms with E-state index in [-0.39, 0.29) is 22.9 Å². The van der Waals surface area contributed by atoms with Gasteiger partial charge in [0.25, 0.3) is 0 Å². The number of aromatic hydroxyl groups is 1. The summed E-state index contributed by atoms with van der Waals surface area (Å²) < 4.78 is 41.4. The topological polar surface area (TPSA) is 70.4 Å². The predicted octanol–water partition coefficient (Wildman–Crippen LogP) is 4.26. The molecule has 0 aliphatic carbocycles. The number of hydrogen-bond donors (Lipinski definition) is 2. The van der Waals surface area contributed by atoms with Crippen LogP contribution in [0.2, 0.25) is 5.02 Å². The number of halogens is 4. The van der Waals surface area contributed by atoms with Gasteiger partial charge < -0.3 is 10.1 Å². The maximum absolute atomic E-state index is 14.0. The van der Waals surface area contributed by atoms with Crippen LogP contribution in [-0.4, -0.2) is 20.9 Å². The van der Waals surface area contributed by atoms with E-state index in [4.69, 9.17) is 11.6 Å². The van der Waals surface area contributed by atoms with E-state index < -0.39 is 29.0 Å². The fraction of sp³-hybridized carbons (Fsp3) is 0.0526. The molecule has 0 saturated carbocycles. The first-order valence-corrected chi connectivity index (χ1v) is 8.43. The quantitative estimate of drug-likeness (QED) is 0.683. The lowest BCUT2D eigenvalue weighted by molar-refractivity contribution is 0.420. The first-order valence-electron chi connectivity index (χ1n) is 8.05. The molecule has 3 aromatic rings. The van der Waals surface area contributed by atoms with Crippen LogP contribution in [0.5, 0.6) is 5.88 Å². The van der Waals surface area contributed by atoms with E-state index in [1.165, 1.54) is 24.4 Å². The monoisotopic (exact) mass is 405 g/mol. The number of fused-ring (bicyclic) bond motifs is 1. The van der Waals surface area contributed by atoms with Crippen molar-refractivity contribution in [3.05, 3.63) is 80.1 Å². The number of rotatable bonds is 3. The standard InChI is InChI=1S/C19H11ClF3N3O2/c20-12-3-2-11-10(7-24-17(11)16(12)23)6-15-18(27)26(19(28)25-15)8-9-1-4-13(21)14(22)5-9/h1-7,27H,8H2,(H,25,28)/b10-6+. The van der Waals surface area contributed by atoms with Crippen molar-refractivity contribution in [1.29, 1.82) is 0 Å². The molecule has 4 rings (SSSR count). The molecule has 2 N–H and O–H groups in total. The lowest BCUT2D eigenvalue weighted by Crippen LogP contribution is -2.17. The molecule has 142 valence electrons. The minimum Gasteiger partial charge on any atom is -0.493 e. The van der Waals surface area contributed by atoms with Gasteiger partial charge in [0.05, 0.1) is 11.6 Å². The van der Waals surface area contributed by atoms with E-state index >= 15 is 0 Å². The molecule has 0 radical (unpaired) electrons. The highest BCUT2D eigenvalue weighted by molar-refractivity contribution is 6.31. The van der Waals surface area contributed by atoms with Crippen molar-refractivity contribution in [2.24, 2.45) is 4.99 Å². The Labute approximate surface area is 161 Å². The van der Waals surface area contributed by atoms with Gasteiger partial charge in [0.15, 0.2) is 17.5 Å². The van der Waals surface area contributed by atoms with Gasteiger partial charge >= 0.3 is 5.69 Å². The highest BCUT2D eigenvalue weighted by Gasteiger charge is 2.20. The molecule has 28 heavy (non-hydrogen) atoms. The summed E-state index contributed by atoms with van der Waals surface area (Å²) in [5.41, 5.74) is 0.696. The highest BCUT2D eigenvalue weighted by atomic mass is 35.5. The summed E-state index contributed by atoms with van der Waals surface area (Å²) >= 11 is 5.74. The third kappa shape index (κ3) is 3.01. The largest absolute Gasteiger partial charge is 0.493 e. The molecule has 0 amide bonds. The van der Waals surface area contributed by atoms with Crippen LogP contribution in [0.15, 0.2) is 40.1 Å². The maximum Gasteiger partial charge on any atom is 0.329 e. The van der Waals surface area contributed by atoms with Crippen molar-refractivity contribution in [3.8, 4) is 5.88 Å². The summed E-state index contributed by atoms with van der Waals surface area (Å²) in [6, 6.07) is 6.15. The second-order valence-electron chi connectivity index (χ2n) is 6.12. The Morgan fingerprint density at radius 3 is 2.71 bits per heavy atom. The SMILES string of the molecule is O=c1[nH]c(/C=C2\C=Nc3c2ccc(Cl)c3F)c(O)n1Cc1ccc(F)c(F)c1. The van der Waals surface area contributed by atoms with Crippen LogP contribution in [0, 0.1) is 17.5 Å². The van der Waals surface area contributed by atoms with Crippen molar-refractivity contribution in [1.82, 2.24) is 9.55 Å². The molecule has 1 aliphatic heterocycles. The molecule has 0 atom stereocenters. The van der Waals surface area contributed by atoms with E-state index in [1.807, 2.05) is 0 Å². The molecule has 5 nitrogen and oxygen atoms in total. The number of nitrogens with one attached hydrogen (secondary N) is 1. The molecule has 9 heteroatoms. The molecule has 0 bridgehead atoms. The summed E-state index contributed by atoms with van der Waals surface area (Å²) in [4.78, 5) is 18.6. The maximum atomic E-state index is 14.0. The van der Waals surface area contributed by atoms with Crippen LogP contribution in [0.1, 0.15) is 16.8 Å². The van der Waals surface area contributed by atoms with E-state index in [0.717, 1.165) is 16.7 Å². The lowest BCUT2D eigenvalue weighted by Gasteiger charge is -2.05. The highest BCUT2D eigenvalue weighted by Crippen LogP contribution is 2.38. The summed E-state index contributed by atoms with van der Waals surface area (Å²) in [6.45, 7) is -0.170. The molecule has 1 aromatic heterocycles. The van der Waals surface area contributed by atoms with Crippen LogP contribution in [-0.2, 0) is 6.54 Å². The number of H-pyrrole nitrogens is 1. The van der Waals surface area contributed by atoms with Crippen LogP contribution in [0.4, 0.5) is 18.9 Å². The smallest absolute Gasteiger partial charge is 0.329 e. The predicted molar refractivity (Wildman–Crippen MR) is 99.6 cm³/mol. The Morgan fingerprint density at radius 2 is 1.96 bits per heavy atom. The Balaban J connectivity index is 1.71. The van der Waals surface area contributed by atoms with Crippen molar-refractivity contribution in [3.63, 3.8) is 0 Å². The van der Waals surface area contributed by atoms with E-state index in [1.54, 1.807) is 6.07 Å². The fourth-order valence-electron chi connectivity index (χ4n) is 2.92. The number of hydrogen-bond acceptors (Lipinski definition) is 3. The molecule has 1 aliphatic rings. The number of benzene rings is 2. The van der Waals surface area contributed by atoms with Gasteiger partial charge in [0.1, 0.15) is 11.4 Å². The van der Waals surface area contributed by atoms with Gasteiger partial charge in [-0.25, -0.2) is 18.0 Å². The number of imidazole rings is 1. The second kappa shape index (κ2) is 6.72. The molecule has 0 saturated heterocycles. The number of allylic oxidation sites excluding steroid dienone is 1. The molecule has 2 heterocycles. The summed E-state index contributed by atoms with van der Waals surface area (Å²) in [6.07, 6.45) is 2.82. The zero-order chi connectivity index (χ0) is 20.0. The zero-order valence-electron chi connectivity index (χ0n) is 14.0. The van der Waals surface area contributed by atoms with Crippen LogP contribution in [0.3, 0.4) is 0 Å². The van der Waals surface area contributed by atoms with Crippen molar-refractivity contribution in [2.75, 3.05) is 0 Å². The Morgan fingerprint density at radius 1 is 1.18 bits per heavy atom. The van der Waals surface area contributed by atoms with E-state index in [9.17, 15) is 23.1 Å². The van der Waals surface area contributed by atoms with Gasteiger partial charge in [-0.3, -0.25) is 9.56 Å². The molecule has 0 unspecified atom stereocenters. The number of aromatic nitrogens is 2. The van der Waals surface area contributed by atoms with Gasteiger partial charge in [0.2, 0.25) is 5.88 Å². The lowest BCUT2D eigenvalue weighted by atomic mass is 10.1. The van der Waals surface area contributed by atoms with Crippen molar-refractivity contribution < 1.29 is 18.3 Å². The molecular formula is C19H11ClF3N3O2. The minimum atomic E-state index is -1.05. The first kappa shape index (κ1) is 18.1. The normalized spacial score (nSPS) is 14.1. The minimum absolute atomic E-state index is 0.0638. The molecule has 0 spiro atoms. The van der Waals surface area contributed by atoms with Crippen LogP contribution in [0.25, 0.3) is 11.6 Å². The van der Waals surface area contributed by atoms with Crippen LogP contribution >= 0.6 is 11.6 Å². The Bertz CT molecular complexity index is 1230.